The number of aliphatic hydroxyl groups is 1. The SMILES string of the molecule is CC(O)(CNC(=O)NCCC(=O)N1CCOCC1)C(=O)O. The first-order chi connectivity index (χ1) is 9.83. The Morgan fingerprint density at radius 3 is 2.43 bits per heavy atom. The molecule has 0 saturated carbocycles. The van der Waals surface area contributed by atoms with Crippen molar-refractivity contribution < 1.29 is 29.3 Å². The number of carbonyl (C=O) groups is 3. The number of hydrogen-bond acceptors (Lipinski definition) is 5. The quantitative estimate of drug-likeness (QED) is 0.466. The largest absolute Gasteiger partial charge is 0.479 e. The molecule has 1 aliphatic heterocycles. The number of aliphatic carboxylic acids is 1. The number of hydrogen-bond donors (Lipinski definition) is 4. The molecule has 9 nitrogen and oxygen atoms in total. The van der Waals surface area contributed by atoms with Gasteiger partial charge >= 0.3 is 12.0 Å². The first-order valence-corrected chi connectivity index (χ1v) is 6.66. The van der Waals surface area contributed by atoms with Crippen molar-refractivity contribution in [3.63, 3.8) is 0 Å². The van der Waals surface area contributed by atoms with Gasteiger partial charge in [-0.2, -0.15) is 0 Å². The highest BCUT2D eigenvalue weighted by Crippen LogP contribution is 2.01. The van der Waals surface area contributed by atoms with Crippen molar-refractivity contribution in [3.8, 4) is 0 Å². The molecule has 1 rings (SSSR count). The molecule has 0 aromatic heterocycles. The summed E-state index contributed by atoms with van der Waals surface area (Å²) in [6.45, 7) is 2.92. The summed E-state index contributed by atoms with van der Waals surface area (Å²) in [5.41, 5.74) is -2.03. The second-order valence-corrected chi connectivity index (χ2v) is 4.93. The Hall–Kier alpha value is -1.87. The molecule has 0 aliphatic carbocycles. The molecule has 0 aromatic carbocycles. The first kappa shape index (κ1) is 17.2. The van der Waals surface area contributed by atoms with E-state index in [9.17, 15) is 19.5 Å². The Morgan fingerprint density at radius 1 is 1.24 bits per heavy atom. The highest BCUT2D eigenvalue weighted by Gasteiger charge is 2.30. The lowest BCUT2D eigenvalue weighted by atomic mass is 10.1. The van der Waals surface area contributed by atoms with E-state index >= 15 is 0 Å². The smallest absolute Gasteiger partial charge is 0.337 e. The maximum atomic E-state index is 11.8. The molecule has 1 aliphatic rings. The summed E-state index contributed by atoms with van der Waals surface area (Å²) < 4.78 is 5.13. The minimum Gasteiger partial charge on any atom is -0.479 e. The summed E-state index contributed by atoms with van der Waals surface area (Å²) in [7, 11) is 0. The number of carboxylic acids is 1. The molecule has 1 saturated heterocycles. The number of nitrogens with one attached hydrogen (secondary N) is 2. The molecular formula is C12H21N3O6. The van der Waals surface area contributed by atoms with E-state index in [4.69, 9.17) is 9.84 Å². The van der Waals surface area contributed by atoms with Crippen molar-refractivity contribution in [1.82, 2.24) is 15.5 Å². The van der Waals surface area contributed by atoms with Crippen LogP contribution in [-0.2, 0) is 14.3 Å². The van der Waals surface area contributed by atoms with Gasteiger partial charge in [0.15, 0.2) is 5.60 Å². The van der Waals surface area contributed by atoms with E-state index < -0.39 is 24.1 Å². The Bertz CT molecular complexity index is 392. The van der Waals surface area contributed by atoms with Crippen LogP contribution in [0.2, 0.25) is 0 Å². The van der Waals surface area contributed by atoms with Gasteiger partial charge in [-0.25, -0.2) is 9.59 Å². The van der Waals surface area contributed by atoms with Gasteiger partial charge < -0.3 is 30.5 Å². The molecule has 9 heteroatoms. The van der Waals surface area contributed by atoms with Crippen LogP contribution in [0.5, 0.6) is 0 Å². The van der Waals surface area contributed by atoms with Gasteiger partial charge in [0.2, 0.25) is 5.91 Å². The van der Waals surface area contributed by atoms with Crippen molar-refractivity contribution in [2.45, 2.75) is 18.9 Å². The average Bonchev–Trinajstić information content (AvgIpc) is 2.46. The van der Waals surface area contributed by atoms with Gasteiger partial charge in [-0.15, -0.1) is 0 Å². The molecule has 21 heavy (non-hydrogen) atoms. The summed E-state index contributed by atoms with van der Waals surface area (Å²) >= 11 is 0. The lowest BCUT2D eigenvalue weighted by Gasteiger charge is -2.26. The Labute approximate surface area is 122 Å². The zero-order valence-corrected chi connectivity index (χ0v) is 11.9. The molecule has 4 N–H and O–H groups in total. The fourth-order valence-electron chi connectivity index (χ4n) is 1.64. The third kappa shape index (κ3) is 5.96. The number of carboxylic acid groups (broad SMARTS) is 1. The summed E-state index contributed by atoms with van der Waals surface area (Å²) in [5, 5.41) is 22.7. The number of nitrogens with zero attached hydrogens (tertiary/aromatic N) is 1. The predicted octanol–water partition coefficient (Wildman–Crippen LogP) is -1.63. The van der Waals surface area contributed by atoms with Crippen LogP contribution in [0.1, 0.15) is 13.3 Å². The molecule has 0 spiro atoms. The number of urea groups is 1. The average molecular weight is 303 g/mol. The van der Waals surface area contributed by atoms with Crippen molar-refractivity contribution >= 4 is 17.9 Å². The lowest BCUT2D eigenvalue weighted by molar-refractivity contribution is -0.155. The molecule has 1 atom stereocenters. The van der Waals surface area contributed by atoms with E-state index in [1.807, 2.05) is 0 Å². The number of rotatable bonds is 6. The second-order valence-electron chi connectivity index (χ2n) is 4.93. The van der Waals surface area contributed by atoms with Crippen molar-refractivity contribution in [1.29, 1.82) is 0 Å². The summed E-state index contributed by atoms with van der Waals surface area (Å²) in [6, 6.07) is -0.633. The standard InChI is InChI=1S/C12H21N3O6/c1-12(20,10(17)18)8-14-11(19)13-3-2-9(16)15-4-6-21-7-5-15/h20H,2-8H2,1H3,(H,17,18)(H2,13,14,19). The van der Waals surface area contributed by atoms with Crippen LogP contribution in [0.3, 0.4) is 0 Å². The van der Waals surface area contributed by atoms with Gasteiger partial charge in [-0.05, 0) is 6.92 Å². The molecule has 1 fully saturated rings. The molecule has 3 amide bonds. The number of morpholine rings is 1. The van der Waals surface area contributed by atoms with Gasteiger partial charge in [0.05, 0.1) is 19.8 Å². The zero-order valence-electron chi connectivity index (χ0n) is 11.9. The third-order valence-corrected chi connectivity index (χ3v) is 3.04. The van der Waals surface area contributed by atoms with Crippen LogP contribution in [0.4, 0.5) is 4.79 Å². The molecule has 0 radical (unpaired) electrons. The fourth-order valence-corrected chi connectivity index (χ4v) is 1.64. The monoisotopic (exact) mass is 303 g/mol. The minimum absolute atomic E-state index is 0.0730. The van der Waals surface area contributed by atoms with Gasteiger partial charge in [0, 0.05) is 26.1 Å². The molecule has 0 bridgehead atoms. The van der Waals surface area contributed by atoms with Gasteiger partial charge in [0.25, 0.3) is 0 Å². The molecule has 120 valence electrons. The second kappa shape index (κ2) is 7.79. The number of amides is 3. The van der Waals surface area contributed by atoms with Crippen LogP contribution in [0.15, 0.2) is 0 Å². The maximum Gasteiger partial charge on any atom is 0.337 e. The summed E-state index contributed by atoms with van der Waals surface area (Å²) in [4.78, 5) is 35.5. The van der Waals surface area contributed by atoms with E-state index in [1.165, 1.54) is 0 Å². The molecule has 1 heterocycles. The van der Waals surface area contributed by atoms with Crippen LogP contribution in [-0.4, -0.2) is 78.0 Å². The first-order valence-electron chi connectivity index (χ1n) is 6.66. The van der Waals surface area contributed by atoms with Crippen molar-refractivity contribution in [2.24, 2.45) is 0 Å². The van der Waals surface area contributed by atoms with Crippen LogP contribution in [0, 0.1) is 0 Å². The van der Waals surface area contributed by atoms with E-state index in [-0.39, 0.29) is 18.9 Å². The Balaban J connectivity index is 2.18. The lowest BCUT2D eigenvalue weighted by Crippen LogP contribution is -2.49. The third-order valence-electron chi connectivity index (χ3n) is 3.04. The highest BCUT2D eigenvalue weighted by molar-refractivity contribution is 5.80. The van der Waals surface area contributed by atoms with Crippen LogP contribution < -0.4 is 10.6 Å². The van der Waals surface area contributed by atoms with Crippen LogP contribution >= 0.6 is 0 Å². The molecule has 0 aromatic rings. The highest BCUT2D eigenvalue weighted by atomic mass is 16.5. The maximum absolute atomic E-state index is 11.8. The van der Waals surface area contributed by atoms with E-state index in [0.717, 1.165) is 6.92 Å². The van der Waals surface area contributed by atoms with Crippen molar-refractivity contribution in [2.75, 3.05) is 39.4 Å². The van der Waals surface area contributed by atoms with Gasteiger partial charge in [-0.1, -0.05) is 0 Å². The number of ether oxygens (including phenoxy) is 1. The Morgan fingerprint density at radius 2 is 1.86 bits per heavy atom. The van der Waals surface area contributed by atoms with Gasteiger partial charge in [0.1, 0.15) is 0 Å². The summed E-state index contributed by atoms with van der Waals surface area (Å²) in [5.74, 6) is -1.50. The van der Waals surface area contributed by atoms with Crippen molar-refractivity contribution in [3.05, 3.63) is 0 Å². The zero-order chi connectivity index (χ0) is 15.9. The summed E-state index contributed by atoms with van der Waals surface area (Å²) in [6.07, 6.45) is 0.155. The predicted molar refractivity (Wildman–Crippen MR) is 71.7 cm³/mol. The van der Waals surface area contributed by atoms with Gasteiger partial charge in [-0.3, -0.25) is 4.79 Å². The normalized spacial score (nSPS) is 17.7. The fraction of sp³-hybridized carbons (Fsp3) is 0.750. The van der Waals surface area contributed by atoms with E-state index in [2.05, 4.69) is 10.6 Å². The van der Waals surface area contributed by atoms with Crippen LogP contribution in [0.25, 0.3) is 0 Å². The molecular weight excluding hydrogens is 282 g/mol. The topological polar surface area (TPSA) is 128 Å². The Kier molecular flexibility index (Phi) is 6.38. The van der Waals surface area contributed by atoms with E-state index in [0.29, 0.717) is 26.3 Å². The number of carbonyl (C=O) groups excluding carboxylic acids is 2. The minimum atomic E-state index is -2.03. The van der Waals surface area contributed by atoms with E-state index in [1.54, 1.807) is 4.90 Å². The molecule has 1 unspecified atom stereocenters.